The molecule has 5 nitrogen and oxygen atoms in total. The van der Waals surface area contributed by atoms with Crippen molar-refractivity contribution in [2.75, 3.05) is 5.75 Å². The number of carbonyl (C=O) groups excluding carboxylic acids is 1. The summed E-state index contributed by atoms with van der Waals surface area (Å²) in [4.78, 5) is 13.2. The van der Waals surface area contributed by atoms with Crippen molar-refractivity contribution in [2.24, 2.45) is 22.2 Å². The highest BCUT2D eigenvalue weighted by atomic mass is 32.2. The number of aliphatic hydroxyl groups is 1. The van der Waals surface area contributed by atoms with Crippen molar-refractivity contribution < 1.29 is 22.9 Å². The molecule has 154 valence electrons. The predicted octanol–water partition coefficient (Wildman–Crippen LogP) is 4.04. The Balaban J connectivity index is 2.02. The molecule has 0 spiro atoms. The Morgan fingerprint density at radius 1 is 1.29 bits per heavy atom. The Morgan fingerprint density at radius 2 is 1.93 bits per heavy atom. The fourth-order valence-corrected chi connectivity index (χ4v) is 6.35. The van der Waals surface area contributed by atoms with Crippen molar-refractivity contribution in [3.63, 3.8) is 0 Å². The van der Waals surface area contributed by atoms with Gasteiger partial charge in [0.05, 0.1) is 11.9 Å². The van der Waals surface area contributed by atoms with Gasteiger partial charge in [-0.3, -0.25) is 9.35 Å². The van der Waals surface area contributed by atoms with E-state index in [4.69, 9.17) is 0 Å². The van der Waals surface area contributed by atoms with Crippen LogP contribution in [0.3, 0.4) is 0 Å². The third-order valence-electron chi connectivity index (χ3n) is 6.95. The maximum absolute atomic E-state index is 13.2. The SMILES string of the molecule is CC(C)(C)C(O)c1cccc(/C=C2/C(=O)C3(C)CCC2C3(C)CS(=O)(=O)O)c1. The smallest absolute Gasteiger partial charge is 0.265 e. The number of aliphatic hydroxyl groups excluding tert-OH is 1. The predicted molar refractivity (Wildman–Crippen MR) is 109 cm³/mol. The van der Waals surface area contributed by atoms with Gasteiger partial charge in [0.1, 0.15) is 0 Å². The van der Waals surface area contributed by atoms with Gasteiger partial charge in [-0.1, -0.05) is 52.8 Å². The van der Waals surface area contributed by atoms with E-state index in [1.54, 1.807) is 6.92 Å². The highest BCUT2D eigenvalue weighted by Crippen LogP contribution is 2.66. The molecule has 1 aromatic rings. The van der Waals surface area contributed by atoms with Gasteiger partial charge in [-0.15, -0.1) is 0 Å². The molecule has 0 saturated heterocycles. The Labute approximate surface area is 167 Å². The Hall–Kier alpha value is -1.50. The van der Waals surface area contributed by atoms with Gasteiger partial charge in [0.25, 0.3) is 10.1 Å². The highest BCUT2D eigenvalue weighted by Gasteiger charge is 2.67. The monoisotopic (exact) mass is 406 g/mol. The minimum absolute atomic E-state index is 0.0309. The van der Waals surface area contributed by atoms with Crippen molar-refractivity contribution in [3.05, 3.63) is 41.0 Å². The van der Waals surface area contributed by atoms with Crippen LogP contribution in [0.1, 0.15) is 64.7 Å². The van der Waals surface area contributed by atoms with E-state index in [0.717, 1.165) is 17.5 Å². The number of benzene rings is 1. The van der Waals surface area contributed by atoms with E-state index in [9.17, 15) is 22.9 Å². The number of ketones is 1. The molecule has 3 rings (SSSR count). The van der Waals surface area contributed by atoms with Gasteiger partial charge in [-0.05, 0) is 47.4 Å². The van der Waals surface area contributed by atoms with Crippen molar-refractivity contribution in [1.29, 1.82) is 0 Å². The van der Waals surface area contributed by atoms with E-state index < -0.39 is 32.8 Å². The fourth-order valence-electron chi connectivity index (χ4n) is 5.07. The first-order valence-corrected chi connectivity index (χ1v) is 11.3. The van der Waals surface area contributed by atoms with Gasteiger partial charge >= 0.3 is 0 Å². The summed E-state index contributed by atoms with van der Waals surface area (Å²) in [6.45, 7) is 9.51. The molecular formula is C22H30O5S. The summed E-state index contributed by atoms with van der Waals surface area (Å²) in [5.41, 5.74) is 0.310. The normalized spacial score (nSPS) is 32.9. The number of rotatable bonds is 4. The molecule has 0 aromatic heterocycles. The van der Waals surface area contributed by atoms with Crippen molar-refractivity contribution >= 4 is 22.0 Å². The zero-order chi connectivity index (χ0) is 21.1. The number of carbonyl (C=O) groups is 1. The summed E-state index contributed by atoms with van der Waals surface area (Å²) >= 11 is 0. The molecular weight excluding hydrogens is 376 g/mol. The highest BCUT2D eigenvalue weighted by molar-refractivity contribution is 7.85. The second kappa shape index (κ2) is 6.51. The first-order chi connectivity index (χ1) is 12.7. The summed E-state index contributed by atoms with van der Waals surface area (Å²) in [6.07, 6.45) is 2.55. The van der Waals surface area contributed by atoms with E-state index in [1.165, 1.54) is 0 Å². The second-order valence-corrected chi connectivity index (χ2v) is 11.4. The number of Topliss-reactive ketones (excluding diaryl/α,β-unsaturated/α-hetero) is 1. The molecule has 0 radical (unpaired) electrons. The van der Waals surface area contributed by atoms with Gasteiger partial charge < -0.3 is 5.11 Å². The van der Waals surface area contributed by atoms with Crippen LogP contribution < -0.4 is 0 Å². The van der Waals surface area contributed by atoms with Gasteiger partial charge in [0.15, 0.2) is 5.78 Å². The molecule has 2 aliphatic carbocycles. The molecule has 4 atom stereocenters. The van der Waals surface area contributed by atoms with Gasteiger partial charge in [0, 0.05) is 16.4 Å². The van der Waals surface area contributed by atoms with Crippen LogP contribution in [-0.4, -0.2) is 29.6 Å². The topological polar surface area (TPSA) is 91.7 Å². The maximum Gasteiger partial charge on any atom is 0.265 e. The van der Waals surface area contributed by atoms with Gasteiger partial charge in [0.2, 0.25) is 0 Å². The third-order valence-corrected chi connectivity index (χ3v) is 7.92. The molecule has 0 heterocycles. The van der Waals surface area contributed by atoms with Crippen LogP contribution in [0.4, 0.5) is 0 Å². The van der Waals surface area contributed by atoms with E-state index in [-0.39, 0.29) is 17.1 Å². The van der Waals surface area contributed by atoms with Gasteiger partial charge in [-0.2, -0.15) is 8.42 Å². The molecule has 1 aromatic carbocycles. The minimum atomic E-state index is -4.20. The van der Waals surface area contributed by atoms with Crippen LogP contribution in [0.15, 0.2) is 29.8 Å². The van der Waals surface area contributed by atoms with E-state index in [1.807, 2.05) is 58.0 Å². The number of fused-ring (bicyclic) bond motifs is 2. The van der Waals surface area contributed by atoms with E-state index in [2.05, 4.69) is 0 Å². The lowest BCUT2D eigenvalue weighted by atomic mass is 9.70. The third kappa shape index (κ3) is 3.36. The Morgan fingerprint density at radius 3 is 2.50 bits per heavy atom. The lowest BCUT2D eigenvalue weighted by Gasteiger charge is -2.34. The Kier molecular flexibility index (Phi) is 4.93. The quantitative estimate of drug-likeness (QED) is 0.581. The Bertz CT molecular complexity index is 940. The molecule has 2 N–H and O–H groups in total. The average Bonchev–Trinajstić information content (AvgIpc) is 2.87. The van der Waals surface area contributed by atoms with Crippen LogP contribution in [0, 0.1) is 22.2 Å². The fraction of sp³-hybridized carbons (Fsp3) is 0.591. The second-order valence-electron chi connectivity index (χ2n) is 9.93. The van der Waals surface area contributed by atoms with Crippen LogP contribution in [0.5, 0.6) is 0 Å². The van der Waals surface area contributed by atoms with Crippen LogP contribution in [-0.2, 0) is 14.9 Å². The number of allylic oxidation sites excluding steroid dienone is 1. The average molecular weight is 407 g/mol. The van der Waals surface area contributed by atoms with Crippen LogP contribution in [0.25, 0.3) is 6.08 Å². The first-order valence-electron chi connectivity index (χ1n) is 9.69. The number of hydrogen-bond donors (Lipinski definition) is 2. The molecule has 4 unspecified atom stereocenters. The summed E-state index contributed by atoms with van der Waals surface area (Å²) in [7, 11) is -4.20. The summed E-state index contributed by atoms with van der Waals surface area (Å²) < 4.78 is 32.7. The molecule has 2 bridgehead atoms. The summed E-state index contributed by atoms with van der Waals surface area (Å²) in [5, 5.41) is 10.6. The molecule has 6 heteroatoms. The van der Waals surface area contributed by atoms with E-state index >= 15 is 0 Å². The summed E-state index contributed by atoms with van der Waals surface area (Å²) in [6, 6.07) is 7.48. The van der Waals surface area contributed by atoms with Crippen molar-refractivity contribution in [3.8, 4) is 0 Å². The number of hydrogen-bond acceptors (Lipinski definition) is 4. The lowest BCUT2D eigenvalue weighted by molar-refractivity contribution is -0.125. The molecule has 2 aliphatic rings. The van der Waals surface area contributed by atoms with Gasteiger partial charge in [-0.25, -0.2) is 0 Å². The standard InChI is InChI=1S/C22H30O5S/c1-20(2,3)18(23)15-8-6-7-14(11-15)12-16-17-9-10-21(4,19(16)24)22(17,5)13-28(25,26)27/h6-8,11-12,17-18,23H,9-10,13H2,1-5H3,(H,25,26,27)/b16-12+. The van der Waals surface area contributed by atoms with Crippen LogP contribution in [0.2, 0.25) is 0 Å². The first kappa shape index (κ1) is 21.2. The molecule has 0 aliphatic heterocycles. The zero-order valence-corrected chi connectivity index (χ0v) is 18.0. The minimum Gasteiger partial charge on any atom is -0.388 e. The zero-order valence-electron chi connectivity index (χ0n) is 17.2. The maximum atomic E-state index is 13.2. The van der Waals surface area contributed by atoms with Crippen molar-refractivity contribution in [2.45, 2.75) is 53.6 Å². The largest absolute Gasteiger partial charge is 0.388 e. The molecule has 0 amide bonds. The van der Waals surface area contributed by atoms with E-state index in [0.29, 0.717) is 12.0 Å². The van der Waals surface area contributed by atoms with Crippen LogP contribution >= 0.6 is 0 Å². The molecule has 2 fully saturated rings. The lowest BCUT2D eigenvalue weighted by Crippen LogP contribution is -2.40. The summed E-state index contributed by atoms with van der Waals surface area (Å²) in [5.74, 6) is -0.646. The molecule has 2 saturated carbocycles. The molecule has 28 heavy (non-hydrogen) atoms. The van der Waals surface area contributed by atoms with Crippen molar-refractivity contribution in [1.82, 2.24) is 0 Å².